The third-order valence-electron chi connectivity index (χ3n) is 11.8. The van der Waals surface area contributed by atoms with E-state index in [1.165, 1.54) is 43.3 Å². The van der Waals surface area contributed by atoms with Gasteiger partial charge in [0.1, 0.15) is 0 Å². The fraction of sp³-hybridized carbons (Fsp3) is 0.292. The predicted molar refractivity (Wildman–Crippen MR) is 209 cm³/mol. The van der Waals surface area contributed by atoms with Crippen LogP contribution in [-0.4, -0.2) is 24.7 Å². The summed E-state index contributed by atoms with van der Waals surface area (Å²) in [6, 6.07) is 23.1. The lowest BCUT2D eigenvalue weighted by Gasteiger charge is -2.39. The molecule has 60 heavy (non-hydrogen) atoms. The van der Waals surface area contributed by atoms with Crippen LogP contribution in [0.3, 0.4) is 0 Å². The molecule has 0 amide bonds. The van der Waals surface area contributed by atoms with E-state index in [9.17, 15) is 26.3 Å². The van der Waals surface area contributed by atoms with Crippen molar-refractivity contribution in [2.24, 2.45) is 0 Å². The van der Waals surface area contributed by atoms with Crippen molar-refractivity contribution in [2.45, 2.75) is 89.4 Å². The molecule has 0 unspecified atom stereocenters. The fourth-order valence-electron chi connectivity index (χ4n) is 8.32. The Hall–Kier alpha value is -5.26. The second-order valence-electron chi connectivity index (χ2n) is 15.5. The lowest BCUT2D eigenvalue weighted by Crippen LogP contribution is -2.54. The van der Waals surface area contributed by atoms with Gasteiger partial charge in [0, 0.05) is 0 Å². The van der Waals surface area contributed by atoms with Gasteiger partial charge in [0.25, 0.3) is 0 Å². The van der Waals surface area contributed by atoms with E-state index in [0.29, 0.717) is 33.4 Å². The Bertz CT molecular complexity index is 2470. The van der Waals surface area contributed by atoms with Crippen molar-refractivity contribution in [3.63, 3.8) is 0 Å². The average molecular weight is 845 g/mol. The molecule has 0 atom stereocenters. The maximum Gasteiger partial charge on any atom is 0.411 e. The molecule has 0 heterocycles. The second-order valence-corrected chi connectivity index (χ2v) is 15.5. The number of alkyl halides is 12. The van der Waals surface area contributed by atoms with Gasteiger partial charge in [-0.25, -0.2) is 0 Å². The molecule has 0 nitrogen and oxygen atoms in total. The van der Waals surface area contributed by atoms with Crippen LogP contribution in [0, 0.1) is 34.6 Å². The normalized spacial score (nSPS) is 13.3. The van der Waals surface area contributed by atoms with Crippen molar-refractivity contribution >= 4 is 10.8 Å². The van der Waals surface area contributed by atoms with E-state index in [4.69, 9.17) is 0 Å². The van der Waals surface area contributed by atoms with E-state index < -0.39 is 57.8 Å². The van der Waals surface area contributed by atoms with Gasteiger partial charge in [-0.05, 0) is 131 Å². The minimum atomic E-state index is -5.79. The standard InChI is InChI=1S/C48H40F12/c1-28-9-17-36(18-10-28)43(45(49,50)51,46(52,53)54)37-21-13-33(14-22-37)15-23-41-34(16-24-40-31(4)7-6-8-42(40)41)26-35-27-39(20-12-30(35)3)44(47(55,56)57,48(58,59)60)38-19-11-29(2)32(5)25-38/h6-14,16-22,24-25,27H,15,23,26H2,1-5H3. The van der Waals surface area contributed by atoms with Crippen molar-refractivity contribution in [1.82, 2.24) is 0 Å². The van der Waals surface area contributed by atoms with Crippen LogP contribution in [0.2, 0.25) is 0 Å². The maximum absolute atomic E-state index is 15.1. The Balaban J connectivity index is 1.43. The highest BCUT2D eigenvalue weighted by Gasteiger charge is 2.73. The third-order valence-corrected chi connectivity index (χ3v) is 11.8. The van der Waals surface area contributed by atoms with E-state index in [2.05, 4.69) is 0 Å². The van der Waals surface area contributed by atoms with Gasteiger partial charge < -0.3 is 0 Å². The van der Waals surface area contributed by atoms with Gasteiger partial charge in [0.05, 0.1) is 0 Å². The molecule has 6 rings (SSSR count). The molecule has 0 aliphatic rings. The van der Waals surface area contributed by atoms with E-state index >= 15 is 26.3 Å². The zero-order valence-corrected chi connectivity index (χ0v) is 33.1. The third kappa shape index (κ3) is 7.55. The number of fused-ring (bicyclic) bond motifs is 1. The van der Waals surface area contributed by atoms with Gasteiger partial charge in [-0.15, -0.1) is 0 Å². The average Bonchev–Trinajstić information content (AvgIpc) is 3.13. The molecule has 0 aliphatic heterocycles. The summed E-state index contributed by atoms with van der Waals surface area (Å²) in [7, 11) is 0. The van der Waals surface area contributed by atoms with Gasteiger partial charge in [-0.1, -0.05) is 121 Å². The van der Waals surface area contributed by atoms with E-state index in [-0.39, 0.29) is 30.4 Å². The smallest absolute Gasteiger partial charge is 0.169 e. The highest BCUT2D eigenvalue weighted by molar-refractivity contribution is 5.89. The summed E-state index contributed by atoms with van der Waals surface area (Å²) in [5.74, 6) is 0. The molecule has 0 N–H and O–H groups in total. The largest absolute Gasteiger partial charge is 0.411 e. The van der Waals surface area contributed by atoms with Gasteiger partial charge in [0.15, 0.2) is 0 Å². The summed E-state index contributed by atoms with van der Waals surface area (Å²) in [4.78, 5) is 0. The van der Waals surface area contributed by atoms with Crippen LogP contribution in [-0.2, 0) is 30.1 Å². The van der Waals surface area contributed by atoms with Crippen LogP contribution >= 0.6 is 0 Å². The number of hydrogen-bond acceptors (Lipinski definition) is 0. The summed E-state index contributed by atoms with van der Waals surface area (Å²) in [5, 5.41) is 1.55. The first-order chi connectivity index (χ1) is 27.8. The number of aryl methyl sites for hydroxylation is 7. The zero-order valence-electron chi connectivity index (χ0n) is 33.1. The Morgan fingerprint density at radius 3 is 1.38 bits per heavy atom. The van der Waals surface area contributed by atoms with Gasteiger partial charge in [-0.2, -0.15) is 52.7 Å². The van der Waals surface area contributed by atoms with Crippen molar-refractivity contribution in [1.29, 1.82) is 0 Å². The molecule has 6 aromatic carbocycles. The summed E-state index contributed by atoms with van der Waals surface area (Å²) in [6.45, 7) is 8.02. The Morgan fingerprint density at radius 2 is 0.850 bits per heavy atom. The van der Waals surface area contributed by atoms with Gasteiger partial charge in [0.2, 0.25) is 10.8 Å². The molecule has 0 saturated carbocycles. The first-order valence-corrected chi connectivity index (χ1v) is 19.0. The molecular formula is C48H40F12. The molecule has 0 spiro atoms. The van der Waals surface area contributed by atoms with Crippen molar-refractivity contribution < 1.29 is 52.7 Å². The van der Waals surface area contributed by atoms with Crippen molar-refractivity contribution in [3.8, 4) is 0 Å². The van der Waals surface area contributed by atoms with Crippen LogP contribution < -0.4 is 0 Å². The number of benzene rings is 6. The fourth-order valence-corrected chi connectivity index (χ4v) is 8.32. The van der Waals surface area contributed by atoms with Crippen molar-refractivity contribution in [2.75, 3.05) is 0 Å². The summed E-state index contributed by atoms with van der Waals surface area (Å²) < 4.78 is 179. The van der Waals surface area contributed by atoms with Crippen LogP contribution in [0.15, 0.2) is 115 Å². The van der Waals surface area contributed by atoms with E-state index in [1.54, 1.807) is 39.0 Å². The minimum absolute atomic E-state index is 0.0766. The van der Waals surface area contributed by atoms with Crippen LogP contribution in [0.1, 0.15) is 72.3 Å². The summed E-state index contributed by atoms with van der Waals surface area (Å²) in [5.41, 5.74) is -8.17. The number of halogens is 12. The molecule has 316 valence electrons. The van der Waals surface area contributed by atoms with Crippen molar-refractivity contribution in [3.05, 3.63) is 188 Å². The lowest BCUT2D eigenvalue weighted by molar-refractivity contribution is -0.290. The molecule has 0 aromatic heterocycles. The lowest BCUT2D eigenvalue weighted by atomic mass is 9.71. The second kappa shape index (κ2) is 15.6. The molecule has 0 saturated heterocycles. The van der Waals surface area contributed by atoms with Crippen LogP contribution in [0.5, 0.6) is 0 Å². The number of rotatable bonds is 9. The molecule has 0 bridgehead atoms. The molecule has 0 radical (unpaired) electrons. The SMILES string of the molecule is Cc1ccc(C(c2ccc(CCc3c(Cc4cc(C(c5ccc(C)c(C)c5)(C(F)(F)F)C(F)(F)F)ccc4C)ccc4c(C)cccc34)cc2)(C(F)(F)F)C(F)(F)F)cc1. The molecule has 12 heteroatoms. The maximum atomic E-state index is 15.1. The van der Waals surface area contributed by atoms with Crippen LogP contribution in [0.4, 0.5) is 52.7 Å². The first kappa shape index (κ1) is 44.3. The zero-order chi connectivity index (χ0) is 44.2. The summed E-state index contributed by atoms with van der Waals surface area (Å²) in [6.07, 6.45) is -22.9. The highest BCUT2D eigenvalue weighted by Crippen LogP contribution is 2.58. The quantitative estimate of drug-likeness (QED) is 0.127. The van der Waals surface area contributed by atoms with Gasteiger partial charge in [-0.3, -0.25) is 0 Å². The minimum Gasteiger partial charge on any atom is -0.169 e. The topological polar surface area (TPSA) is 0 Å². The first-order valence-electron chi connectivity index (χ1n) is 19.0. The highest BCUT2D eigenvalue weighted by atomic mass is 19.4. The molecular weight excluding hydrogens is 805 g/mol. The molecule has 0 fully saturated rings. The summed E-state index contributed by atoms with van der Waals surface area (Å²) >= 11 is 0. The van der Waals surface area contributed by atoms with E-state index in [0.717, 1.165) is 64.9 Å². The van der Waals surface area contributed by atoms with E-state index in [1.807, 2.05) is 19.1 Å². The van der Waals surface area contributed by atoms with Gasteiger partial charge >= 0.3 is 24.7 Å². The Morgan fingerprint density at radius 1 is 0.367 bits per heavy atom. The van der Waals surface area contributed by atoms with Crippen LogP contribution in [0.25, 0.3) is 10.8 Å². The Labute approximate surface area is 339 Å². The predicted octanol–water partition coefficient (Wildman–Crippen LogP) is 14.6. The number of hydrogen-bond donors (Lipinski definition) is 0. The molecule has 6 aromatic rings. The monoisotopic (exact) mass is 844 g/mol. The Kier molecular flexibility index (Phi) is 11.6. The molecule has 0 aliphatic carbocycles.